The van der Waals surface area contributed by atoms with Gasteiger partial charge in [-0.1, -0.05) is 12.1 Å². The Hall–Kier alpha value is -4.21. The summed E-state index contributed by atoms with van der Waals surface area (Å²) in [6.45, 7) is -1.07. The molecule has 2 aromatic heterocycles. The molecule has 4 rings (SSSR count). The summed E-state index contributed by atoms with van der Waals surface area (Å²) < 4.78 is 46.8. The van der Waals surface area contributed by atoms with Crippen LogP contribution in [0.4, 0.5) is 19.0 Å². The lowest BCUT2D eigenvalue weighted by molar-refractivity contribution is -0.139. The number of fused-ring (bicyclic) bond motifs is 1. The number of halogens is 3. The van der Waals surface area contributed by atoms with Crippen molar-refractivity contribution in [1.29, 1.82) is 0 Å². The Morgan fingerprint density at radius 3 is 2.48 bits per heavy atom. The Kier molecular flexibility index (Phi) is 5.82. The van der Waals surface area contributed by atoms with Crippen LogP contribution in [-0.4, -0.2) is 40.4 Å². The highest BCUT2D eigenvalue weighted by Gasteiger charge is 2.36. The highest BCUT2D eigenvalue weighted by molar-refractivity contribution is 5.98. The van der Waals surface area contributed by atoms with Crippen LogP contribution in [0.1, 0.15) is 0 Å². The molecule has 3 N–H and O–H groups in total. The summed E-state index contributed by atoms with van der Waals surface area (Å²) in [5.74, 6) is -5.35. The van der Waals surface area contributed by atoms with Gasteiger partial charge >= 0.3 is 5.92 Å². The van der Waals surface area contributed by atoms with E-state index >= 15 is 0 Å². The van der Waals surface area contributed by atoms with E-state index in [-0.39, 0.29) is 11.6 Å². The van der Waals surface area contributed by atoms with Crippen LogP contribution in [-0.2, 0) is 4.79 Å². The van der Waals surface area contributed by atoms with Gasteiger partial charge in [-0.15, -0.1) is 0 Å². The molecule has 168 valence electrons. The zero-order valence-corrected chi connectivity index (χ0v) is 17.3. The summed E-state index contributed by atoms with van der Waals surface area (Å²) in [6.07, 6.45) is 3.11. The van der Waals surface area contributed by atoms with Gasteiger partial charge in [0.05, 0.1) is 13.7 Å². The lowest BCUT2D eigenvalue weighted by Crippen LogP contribution is -2.41. The van der Waals surface area contributed by atoms with Crippen LogP contribution in [0.2, 0.25) is 0 Å². The number of hydrogen-bond acceptors (Lipinski definition) is 6. The topological polar surface area (TPSA) is 103 Å². The first-order chi connectivity index (χ1) is 15.8. The van der Waals surface area contributed by atoms with Gasteiger partial charge in [-0.3, -0.25) is 9.78 Å². The maximum absolute atomic E-state index is 13.9. The molecule has 33 heavy (non-hydrogen) atoms. The molecule has 0 aliphatic carbocycles. The number of pyridine rings is 1. The van der Waals surface area contributed by atoms with E-state index in [9.17, 15) is 18.0 Å². The smallest absolute Gasteiger partial charge is 0.341 e. The summed E-state index contributed by atoms with van der Waals surface area (Å²) >= 11 is 0. The van der Waals surface area contributed by atoms with Crippen LogP contribution in [0.15, 0.2) is 60.9 Å². The van der Waals surface area contributed by atoms with Gasteiger partial charge in [-0.05, 0) is 47.5 Å². The third-order valence-electron chi connectivity index (χ3n) is 4.92. The second-order valence-corrected chi connectivity index (χ2v) is 7.14. The molecule has 10 heteroatoms. The number of nitrogens with two attached hydrogens (primary N) is 1. The van der Waals surface area contributed by atoms with E-state index in [1.54, 1.807) is 42.6 Å². The van der Waals surface area contributed by atoms with Gasteiger partial charge in [-0.25, -0.2) is 14.4 Å². The van der Waals surface area contributed by atoms with Crippen molar-refractivity contribution in [2.75, 3.05) is 19.0 Å². The molecule has 7 nitrogen and oxygen atoms in total. The minimum absolute atomic E-state index is 0.0436. The van der Waals surface area contributed by atoms with Crippen molar-refractivity contribution in [3.05, 3.63) is 66.7 Å². The number of carbonyl (C=O) groups is 1. The van der Waals surface area contributed by atoms with Gasteiger partial charge in [0.1, 0.15) is 22.9 Å². The van der Waals surface area contributed by atoms with E-state index in [2.05, 4.69) is 20.3 Å². The van der Waals surface area contributed by atoms with Gasteiger partial charge in [0.25, 0.3) is 5.91 Å². The van der Waals surface area contributed by atoms with Crippen LogP contribution >= 0.6 is 0 Å². The second-order valence-electron chi connectivity index (χ2n) is 7.14. The summed E-state index contributed by atoms with van der Waals surface area (Å²) in [5, 5.41) is 2.88. The van der Waals surface area contributed by atoms with E-state index in [0.29, 0.717) is 33.3 Å². The fraction of sp³-hybridized carbons (Fsp3) is 0.130. The number of benzene rings is 2. The lowest BCUT2D eigenvalue weighted by atomic mass is 10.0. The number of alkyl halides is 2. The fourth-order valence-corrected chi connectivity index (χ4v) is 3.21. The molecule has 0 radical (unpaired) electrons. The molecule has 0 spiro atoms. The highest BCUT2D eigenvalue weighted by Crippen LogP contribution is 2.36. The first-order valence-electron chi connectivity index (χ1n) is 9.76. The molecule has 0 fully saturated rings. The van der Waals surface area contributed by atoms with Gasteiger partial charge < -0.3 is 15.8 Å². The molecule has 0 saturated carbocycles. The van der Waals surface area contributed by atoms with Crippen LogP contribution in [0, 0.1) is 5.82 Å². The molecule has 2 aromatic carbocycles. The average Bonchev–Trinajstić information content (AvgIpc) is 2.82. The largest absolute Gasteiger partial charge is 0.494 e. The fourth-order valence-electron chi connectivity index (χ4n) is 3.21. The van der Waals surface area contributed by atoms with E-state index in [1.165, 1.54) is 25.4 Å². The Morgan fingerprint density at radius 2 is 1.85 bits per heavy atom. The number of anilines is 1. The maximum Gasteiger partial charge on any atom is 0.341 e. The minimum atomic E-state index is -3.80. The third kappa shape index (κ3) is 4.54. The van der Waals surface area contributed by atoms with Gasteiger partial charge in [-0.2, -0.15) is 8.78 Å². The Bertz CT molecular complexity index is 1320. The summed E-state index contributed by atoms with van der Waals surface area (Å²) in [7, 11) is 1.45. The number of nitrogens with one attached hydrogen (secondary N) is 1. The number of primary amides is 1. The van der Waals surface area contributed by atoms with Gasteiger partial charge in [0, 0.05) is 23.3 Å². The van der Waals surface area contributed by atoms with E-state index < -0.39 is 24.2 Å². The normalized spacial score (nSPS) is 11.4. The van der Waals surface area contributed by atoms with Crippen molar-refractivity contribution >= 4 is 22.6 Å². The van der Waals surface area contributed by atoms with Crippen molar-refractivity contribution in [3.8, 4) is 28.3 Å². The Morgan fingerprint density at radius 1 is 1.09 bits per heavy atom. The molecular formula is C23H18F3N5O2. The van der Waals surface area contributed by atoms with Crippen LogP contribution in [0.25, 0.3) is 33.4 Å². The third-order valence-corrected chi connectivity index (χ3v) is 4.92. The van der Waals surface area contributed by atoms with Crippen LogP contribution in [0.5, 0.6) is 5.75 Å². The van der Waals surface area contributed by atoms with Crippen LogP contribution in [0.3, 0.4) is 0 Å². The number of hydrogen-bond donors (Lipinski definition) is 2. The van der Waals surface area contributed by atoms with Crippen molar-refractivity contribution in [2.45, 2.75) is 5.92 Å². The molecule has 0 saturated heterocycles. The zero-order chi connectivity index (χ0) is 23.6. The predicted molar refractivity (Wildman–Crippen MR) is 117 cm³/mol. The molecule has 0 atom stereocenters. The average molecular weight is 453 g/mol. The van der Waals surface area contributed by atoms with E-state index in [1.807, 2.05) is 0 Å². The number of ether oxygens (including phenoxy) is 1. The molecule has 0 bridgehead atoms. The molecule has 0 unspecified atom stereocenters. The summed E-state index contributed by atoms with van der Waals surface area (Å²) in [6, 6.07) is 12.5. The van der Waals surface area contributed by atoms with Gasteiger partial charge in [0.15, 0.2) is 5.82 Å². The SMILES string of the molecule is COc1cc(-c2ccc(F)cc2)cc2c(NCC(F)(F)C(N)=O)nc(-c3cccnc3)nc12. The molecule has 0 aliphatic heterocycles. The van der Waals surface area contributed by atoms with Crippen molar-refractivity contribution in [2.24, 2.45) is 5.73 Å². The number of methoxy groups -OCH3 is 1. The number of nitrogens with zero attached hydrogens (tertiary/aromatic N) is 3. The zero-order valence-electron chi connectivity index (χ0n) is 17.3. The first kappa shape index (κ1) is 22.0. The standard InChI is InChI=1S/C23H18F3N5O2/c1-33-18-10-15(13-4-6-16(24)7-5-13)9-17-19(18)30-20(14-3-2-8-28-11-14)31-21(17)29-12-23(25,26)22(27)32/h2-11H,12H2,1H3,(H2,27,32)(H,29,30,31). The Labute approximate surface area is 186 Å². The van der Waals surface area contributed by atoms with Crippen molar-refractivity contribution in [3.63, 3.8) is 0 Å². The number of rotatable bonds is 7. The first-order valence-corrected chi connectivity index (χ1v) is 9.76. The van der Waals surface area contributed by atoms with E-state index in [0.717, 1.165) is 0 Å². The number of amides is 1. The lowest BCUT2D eigenvalue weighted by Gasteiger charge is -2.17. The Balaban J connectivity index is 1.92. The van der Waals surface area contributed by atoms with E-state index in [4.69, 9.17) is 10.5 Å². The number of carbonyl (C=O) groups excluding carboxylic acids is 1. The molecule has 4 aromatic rings. The monoisotopic (exact) mass is 453 g/mol. The van der Waals surface area contributed by atoms with Gasteiger partial charge in [0.2, 0.25) is 0 Å². The highest BCUT2D eigenvalue weighted by atomic mass is 19.3. The van der Waals surface area contributed by atoms with Crippen LogP contribution < -0.4 is 15.8 Å². The molecule has 0 aliphatic rings. The molecular weight excluding hydrogens is 435 g/mol. The number of aromatic nitrogens is 3. The maximum atomic E-state index is 13.9. The minimum Gasteiger partial charge on any atom is -0.494 e. The second kappa shape index (κ2) is 8.73. The predicted octanol–water partition coefficient (Wildman–Crippen LogP) is 4.04. The van der Waals surface area contributed by atoms with Crippen molar-refractivity contribution in [1.82, 2.24) is 15.0 Å². The summed E-state index contributed by atoms with van der Waals surface area (Å²) in [4.78, 5) is 24.1. The molecule has 1 amide bonds. The summed E-state index contributed by atoms with van der Waals surface area (Å²) in [5.41, 5.74) is 7.00. The molecule has 2 heterocycles. The quantitative estimate of drug-likeness (QED) is 0.438. The van der Waals surface area contributed by atoms with Crippen molar-refractivity contribution < 1.29 is 22.7 Å².